The highest BCUT2D eigenvalue weighted by atomic mass is 79.9. The molecule has 0 N–H and O–H groups in total. The minimum atomic E-state index is -0.252. The van der Waals surface area contributed by atoms with Crippen molar-refractivity contribution in [3.8, 4) is 11.8 Å². The number of rotatable bonds is 6. The van der Waals surface area contributed by atoms with E-state index in [0.717, 1.165) is 31.8 Å². The van der Waals surface area contributed by atoms with E-state index >= 15 is 0 Å². The molecular formula is C51H66Br5ClO3S5. The Morgan fingerprint density at radius 3 is 1.32 bits per heavy atom. The molecule has 0 saturated carbocycles. The molecule has 65 heavy (non-hydrogen) atoms. The van der Waals surface area contributed by atoms with E-state index < -0.39 is 0 Å². The molecule has 5 aromatic rings. The number of thiophene rings is 5. The van der Waals surface area contributed by atoms with E-state index in [1.807, 2.05) is 72.6 Å². The summed E-state index contributed by atoms with van der Waals surface area (Å²) in [7, 11) is 0. The zero-order valence-corrected chi connectivity index (χ0v) is 53.4. The van der Waals surface area contributed by atoms with Gasteiger partial charge in [0.05, 0.1) is 18.4 Å². The summed E-state index contributed by atoms with van der Waals surface area (Å²) < 4.78 is 5.23. The van der Waals surface area contributed by atoms with Gasteiger partial charge in [0.2, 0.25) is 5.24 Å². The highest BCUT2D eigenvalue weighted by Gasteiger charge is 2.20. The summed E-state index contributed by atoms with van der Waals surface area (Å²) in [6, 6.07) is 12.0. The van der Waals surface area contributed by atoms with Crippen LogP contribution in [0.1, 0.15) is 159 Å². The number of hydrogen-bond acceptors (Lipinski definition) is 8. The summed E-state index contributed by atoms with van der Waals surface area (Å²) >= 11 is 30.2. The molecule has 0 amide bonds. The number of halogens is 6. The summed E-state index contributed by atoms with van der Waals surface area (Å²) in [4.78, 5) is 37.8. The van der Waals surface area contributed by atoms with Crippen LogP contribution in [0.3, 0.4) is 0 Å². The Labute approximate surface area is 459 Å². The summed E-state index contributed by atoms with van der Waals surface area (Å²) in [5, 5.41) is 9.94. The first-order valence-corrected chi connectivity index (χ1v) is 29.3. The summed E-state index contributed by atoms with van der Waals surface area (Å²) in [5.41, 5.74) is 1.90. The Morgan fingerprint density at radius 2 is 1.03 bits per heavy atom. The quantitative estimate of drug-likeness (QED) is 0.0967. The number of ketones is 2. The Balaban J connectivity index is 0.000000773. The van der Waals surface area contributed by atoms with Crippen LogP contribution in [0.4, 0.5) is 0 Å². The van der Waals surface area contributed by atoms with Gasteiger partial charge in [0.25, 0.3) is 0 Å². The van der Waals surface area contributed by atoms with E-state index in [0.29, 0.717) is 19.3 Å². The van der Waals surface area contributed by atoms with Crippen molar-refractivity contribution in [2.75, 3.05) is 0 Å². The maximum absolute atomic E-state index is 11.8. The predicted molar refractivity (Wildman–Crippen MR) is 311 cm³/mol. The monoisotopic (exact) mass is 1320 g/mol. The van der Waals surface area contributed by atoms with E-state index in [4.69, 9.17) is 11.6 Å². The lowest BCUT2D eigenvalue weighted by atomic mass is 9.89. The van der Waals surface area contributed by atoms with E-state index in [1.165, 1.54) is 37.6 Å². The van der Waals surface area contributed by atoms with Crippen molar-refractivity contribution in [2.24, 2.45) is 27.1 Å². The molecule has 0 radical (unpaired) electrons. The lowest BCUT2D eigenvalue weighted by Gasteiger charge is -2.15. The van der Waals surface area contributed by atoms with Crippen molar-refractivity contribution < 1.29 is 14.4 Å². The van der Waals surface area contributed by atoms with Gasteiger partial charge in [0.15, 0.2) is 11.6 Å². The van der Waals surface area contributed by atoms with E-state index in [9.17, 15) is 14.4 Å². The first kappa shape index (κ1) is 64.5. The van der Waals surface area contributed by atoms with Crippen LogP contribution in [0, 0.1) is 38.9 Å². The molecule has 5 heterocycles. The fourth-order valence-electron chi connectivity index (χ4n) is 4.59. The third kappa shape index (κ3) is 36.2. The maximum Gasteiger partial charge on any atom is 0.222 e. The normalized spacial score (nSPS) is 11.6. The topological polar surface area (TPSA) is 51.2 Å². The lowest BCUT2D eigenvalue weighted by Crippen LogP contribution is -2.11. The molecule has 0 aliphatic rings. The van der Waals surface area contributed by atoms with Gasteiger partial charge in [-0.2, -0.15) is 11.3 Å². The van der Waals surface area contributed by atoms with Crippen molar-refractivity contribution in [1.29, 1.82) is 0 Å². The lowest BCUT2D eigenvalue weighted by molar-refractivity contribution is -0.113. The summed E-state index contributed by atoms with van der Waals surface area (Å²) in [5.74, 6) is 6.79. The minimum Gasteiger partial charge on any atom is -0.293 e. The highest BCUT2D eigenvalue weighted by molar-refractivity contribution is 9.13. The fourth-order valence-corrected chi connectivity index (χ4v) is 11.5. The van der Waals surface area contributed by atoms with Gasteiger partial charge in [0, 0.05) is 63.6 Å². The molecule has 5 aromatic heterocycles. The first-order valence-electron chi connectivity index (χ1n) is 20.6. The largest absolute Gasteiger partial charge is 0.293 e. The molecule has 0 aromatic carbocycles. The van der Waals surface area contributed by atoms with Gasteiger partial charge in [-0.3, -0.25) is 14.4 Å². The van der Waals surface area contributed by atoms with Crippen molar-refractivity contribution in [3.05, 3.63) is 111 Å². The average Bonchev–Trinajstić information content (AvgIpc) is 3.96. The van der Waals surface area contributed by atoms with Crippen LogP contribution < -0.4 is 0 Å². The van der Waals surface area contributed by atoms with Crippen molar-refractivity contribution in [2.45, 2.75) is 130 Å². The zero-order valence-electron chi connectivity index (χ0n) is 40.6. The smallest absolute Gasteiger partial charge is 0.222 e. The van der Waals surface area contributed by atoms with Gasteiger partial charge in [-0.1, -0.05) is 113 Å². The van der Waals surface area contributed by atoms with Crippen molar-refractivity contribution >= 4 is 170 Å². The molecule has 0 aliphatic carbocycles. The first-order chi connectivity index (χ1) is 29.4. The molecule has 0 fully saturated rings. The number of Topliss-reactive ketones (excluding diaryl/α,β-unsaturated/α-hetero) is 2. The van der Waals surface area contributed by atoms with Crippen LogP contribution in [0.15, 0.2) is 91.1 Å². The Hall–Kier alpha value is -0.500. The third-order valence-corrected chi connectivity index (χ3v) is 16.2. The molecule has 0 atom stereocenters. The standard InChI is InChI=1S/C11H15BrS.C10H12Br2OS.C10H13BrOS.C10H11BrS.C6H11ClO.C4H4S/c1-8(6-11(2,3)4)10-5-9(12)7-13-10;1-10(2,3)5-7(13)8-4-6(11)9(12)14-8;1-10(2,3)5-8(12)9-4-7(11)6-13-9;1-10(2,3)5-4-9-6-8(11)7-12-9;1-6(2,3)4-5(7)8;1-2-4-5-3-1/h5-7H,1-4H3;4H,5H2,1-3H3;4,6H,5H2,1-3H3;6-7H,1-3H3;4H2,1-3H3;1-4H/b8-6+;;;;;. The molecule has 360 valence electrons. The van der Waals surface area contributed by atoms with E-state index in [1.54, 1.807) is 34.0 Å². The van der Waals surface area contributed by atoms with E-state index in [2.05, 4.69) is 199 Å². The van der Waals surface area contributed by atoms with Crippen LogP contribution in [0.25, 0.3) is 5.57 Å². The third-order valence-electron chi connectivity index (χ3n) is 6.97. The fraction of sp³-hybridized carbons (Fsp3) is 0.471. The SMILES string of the molecule is C/C(=C\C(C)(C)C)c1cc(Br)cs1.CC(C)(C)C#Cc1cc(Br)cs1.CC(C)(C)CC(=O)Cl.CC(C)(C)CC(=O)c1cc(Br)c(Br)s1.CC(C)(C)CC(=O)c1cc(Br)cs1.c1ccsc1. The summed E-state index contributed by atoms with van der Waals surface area (Å²) in [6.45, 7) is 33.6. The molecule has 14 heteroatoms. The molecule has 0 aliphatic heterocycles. The van der Waals surface area contributed by atoms with Crippen LogP contribution in [-0.4, -0.2) is 16.8 Å². The second-order valence-corrected chi connectivity index (χ2v) is 30.5. The number of carbonyl (C=O) groups excluding carboxylic acids is 3. The highest BCUT2D eigenvalue weighted by Crippen LogP contribution is 2.35. The maximum atomic E-state index is 11.8. The Morgan fingerprint density at radius 1 is 0.600 bits per heavy atom. The molecular weight excluding hydrogens is 1260 g/mol. The number of carbonyl (C=O) groups is 3. The van der Waals surface area contributed by atoms with Gasteiger partial charge in [-0.15, -0.1) is 45.3 Å². The van der Waals surface area contributed by atoms with Gasteiger partial charge in [-0.05, 0) is 181 Å². The van der Waals surface area contributed by atoms with Gasteiger partial charge in [0.1, 0.15) is 0 Å². The summed E-state index contributed by atoms with van der Waals surface area (Å²) in [6.07, 6.45) is 3.96. The van der Waals surface area contributed by atoms with E-state index in [-0.39, 0.29) is 43.9 Å². The van der Waals surface area contributed by atoms with Crippen molar-refractivity contribution in [3.63, 3.8) is 0 Å². The molecule has 0 saturated heterocycles. The predicted octanol–water partition coefficient (Wildman–Crippen LogP) is 21.8. The van der Waals surface area contributed by atoms with Crippen LogP contribution >= 0.6 is 148 Å². The van der Waals surface area contributed by atoms with Crippen LogP contribution in [-0.2, 0) is 4.79 Å². The van der Waals surface area contributed by atoms with Crippen LogP contribution in [0.5, 0.6) is 0 Å². The molecule has 0 spiro atoms. The van der Waals surface area contributed by atoms with Gasteiger partial charge in [-0.25, -0.2) is 0 Å². The molecule has 5 rings (SSSR count). The minimum absolute atomic E-state index is 0.0405. The number of hydrogen-bond donors (Lipinski definition) is 0. The van der Waals surface area contributed by atoms with Crippen molar-refractivity contribution in [1.82, 2.24) is 0 Å². The second kappa shape index (κ2) is 30.3. The van der Waals surface area contributed by atoms with Gasteiger partial charge >= 0.3 is 0 Å². The average molecular weight is 1320 g/mol. The zero-order chi connectivity index (χ0) is 50.6. The van der Waals surface area contributed by atoms with Gasteiger partial charge < -0.3 is 0 Å². The number of allylic oxidation sites excluding steroid dienone is 2. The molecule has 3 nitrogen and oxygen atoms in total. The van der Waals surface area contributed by atoms with Crippen LogP contribution in [0.2, 0.25) is 0 Å². The second-order valence-electron chi connectivity index (χ2n) is 20.5. The Kier molecular flexibility index (Phi) is 30.1. The molecule has 0 bridgehead atoms. The molecule has 0 unspecified atom stereocenters. The Bertz CT molecular complexity index is 2230.